The molecule has 1 rings (SSSR count). The summed E-state index contributed by atoms with van der Waals surface area (Å²) in [5.74, 6) is -0.531. The normalized spacial score (nSPS) is 11.8. The summed E-state index contributed by atoms with van der Waals surface area (Å²) in [5.41, 5.74) is 1.53. The zero-order valence-electron chi connectivity index (χ0n) is 11.5. The average molecular weight is 266 g/mol. The molecule has 1 aromatic rings. The molecule has 0 saturated carbocycles. The Morgan fingerprint density at radius 3 is 2.63 bits per heavy atom. The number of nitro benzene ring substituents is 1. The van der Waals surface area contributed by atoms with E-state index in [1.807, 2.05) is 11.9 Å². The fourth-order valence-corrected chi connectivity index (χ4v) is 1.87. The van der Waals surface area contributed by atoms with E-state index in [1.54, 1.807) is 26.0 Å². The van der Waals surface area contributed by atoms with Gasteiger partial charge in [-0.05, 0) is 19.1 Å². The van der Waals surface area contributed by atoms with E-state index >= 15 is 0 Å². The van der Waals surface area contributed by atoms with Crippen molar-refractivity contribution in [1.82, 2.24) is 0 Å². The Morgan fingerprint density at radius 1 is 1.53 bits per heavy atom. The van der Waals surface area contributed by atoms with Crippen molar-refractivity contribution in [2.75, 3.05) is 25.6 Å². The molecule has 0 aliphatic carbocycles. The molecule has 6 nitrogen and oxygen atoms in total. The smallest absolute Gasteiger partial charge is 0.310 e. The van der Waals surface area contributed by atoms with Gasteiger partial charge in [0.1, 0.15) is 0 Å². The fraction of sp³-hybridized carbons (Fsp3) is 0.462. The second-order valence-electron chi connectivity index (χ2n) is 4.53. The molecular formula is C13H18N2O4. The predicted octanol–water partition coefficient (Wildman–Crippen LogP) is 2.15. The lowest BCUT2D eigenvalue weighted by Crippen LogP contribution is -2.29. The van der Waals surface area contributed by atoms with Gasteiger partial charge >= 0.3 is 5.97 Å². The second-order valence-corrected chi connectivity index (χ2v) is 4.53. The minimum absolute atomic E-state index is 0.0955. The van der Waals surface area contributed by atoms with Gasteiger partial charge in [0.25, 0.3) is 5.69 Å². The molecule has 0 fully saturated rings. The van der Waals surface area contributed by atoms with Crippen molar-refractivity contribution >= 4 is 17.3 Å². The number of methoxy groups -OCH3 is 1. The number of benzene rings is 1. The third-order valence-electron chi connectivity index (χ3n) is 2.97. The van der Waals surface area contributed by atoms with Crippen LogP contribution in [0, 0.1) is 23.0 Å². The predicted molar refractivity (Wildman–Crippen MR) is 72.3 cm³/mol. The molecule has 6 heteroatoms. The molecule has 0 saturated heterocycles. The van der Waals surface area contributed by atoms with Crippen LogP contribution in [-0.4, -0.2) is 31.6 Å². The van der Waals surface area contributed by atoms with Crippen LogP contribution in [0.25, 0.3) is 0 Å². The van der Waals surface area contributed by atoms with Gasteiger partial charge in [0.2, 0.25) is 0 Å². The highest BCUT2D eigenvalue weighted by Crippen LogP contribution is 2.24. The van der Waals surface area contributed by atoms with Gasteiger partial charge in [-0.25, -0.2) is 0 Å². The summed E-state index contributed by atoms with van der Waals surface area (Å²) in [6.45, 7) is 3.96. The number of aryl methyl sites for hydroxylation is 1. The van der Waals surface area contributed by atoms with Gasteiger partial charge in [-0.2, -0.15) is 0 Å². The first-order valence-corrected chi connectivity index (χ1v) is 5.90. The molecule has 1 atom stereocenters. The molecule has 0 radical (unpaired) electrons. The first kappa shape index (κ1) is 14.9. The number of esters is 1. The van der Waals surface area contributed by atoms with Crippen LogP contribution < -0.4 is 4.90 Å². The van der Waals surface area contributed by atoms with E-state index in [9.17, 15) is 14.9 Å². The summed E-state index contributed by atoms with van der Waals surface area (Å²) in [7, 11) is 3.19. The van der Waals surface area contributed by atoms with Gasteiger partial charge in [0.05, 0.1) is 18.0 Å². The molecule has 0 aliphatic rings. The fourth-order valence-electron chi connectivity index (χ4n) is 1.87. The molecule has 0 aromatic heterocycles. The number of carbonyl (C=O) groups is 1. The van der Waals surface area contributed by atoms with Gasteiger partial charge in [0, 0.05) is 30.9 Å². The number of carbonyl (C=O) groups excluding carboxylic acids is 1. The SMILES string of the molecule is COC(=O)C(C)CN(C)c1ccc([N+](=O)[O-])c(C)c1. The Kier molecular flexibility index (Phi) is 4.86. The van der Waals surface area contributed by atoms with Crippen LogP contribution >= 0.6 is 0 Å². The van der Waals surface area contributed by atoms with E-state index in [0.29, 0.717) is 12.1 Å². The second kappa shape index (κ2) is 6.17. The Hall–Kier alpha value is -2.11. The molecule has 1 aromatic carbocycles. The summed E-state index contributed by atoms with van der Waals surface area (Å²) < 4.78 is 4.67. The summed E-state index contributed by atoms with van der Waals surface area (Å²) in [5, 5.41) is 10.7. The van der Waals surface area contributed by atoms with Crippen molar-refractivity contribution in [2.24, 2.45) is 5.92 Å². The Labute approximate surface area is 112 Å². The Morgan fingerprint density at radius 2 is 2.16 bits per heavy atom. The number of hydrogen-bond acceptors (Lipinski definition) is 5. The van der Waals surface area contributed by atoms with E-state index in [0.717, 1.165) is 5.69 Å². The van der Waals surface area contributed by atoms with Crippen molar-refractivity contribution in [3.8, 4) is 0 Å². The number of rotatable bonds is 5. The van der Waals surface area contributed by atoms with Crippen LogP contribution in [0.1, 0.15) is 12.5 Å². The highest BCUT2D eigenvalue weighted by atomic mass is 16.6. The molecule has 0 spiro atoms. The van der Waals surface area contributed by atoms with Crippen molar-refractivity contribution in [1.29, 1.82) is 0 Å². The molecule has 1 unspecified atom stereocenters. The quantitative estimate of drug-likeness (QED) is 0.464. The van der Waals surface area contributed by atoms with Crippen LogP contribution in [-0.2, 0) is 9.53 Å². The lowest BCUT2D eigenvalue weighted by atomic mass is 10.1. The molecule has 0 aliphatic heterocycles. The van der Waals surface area contributed by atoms with Crippen molar-refractivity contribution in [2.45, 2.75) is 13.8 Å². The lowest BCUT2D eigenvalue weighted by molar-refractivity contribution is -0.385. The summed E-state index contributed by atoms with van der Waals surface area (Å²) in [6.07, 6.45) is 0. The maximum atomic E-state index is 11.4. The maximum absolute atomic E-state index is 11.4. The number of nitrogens with zero attached hydrogens (tertiary/aromatic N) is 2. The molecular weight excluding hydrogens is 248 g/mol. The number of anilines is 1. The van der Waals surface area contributed by atoms with Gasteiger partial charge < -0.3 is 9.64 Å². The zero-order valence-corrected chi connectivity index (χ0v) is 11.5. The van der Waals surface area contributed by atoms with E-state index in [4.69, 9.17) is 0 Å². The van der Waals surface area contributed by atoms with Gasteiger partial charge in [-0.15, -0.1) is 0 Å². The Bertz CT molecular complexity index is 488. The molecule has 104 valence electrons. The summed E-state index contributed by atoms with van der Waals surface area (Å²) >= 11 is 0. The van der Waals surface area contributed by atoms with Crippen LogP contribution in [0.5, 0.6) is 0 Å². The summed E-state index contributed by atoms with van der Waals surface area (Å²) in [4.78, 5) is 23.6. The van der Waals surface area contributed by atoms with Crippen LogP contribution in [0.3, 0.4) is 0 Å². The van der Waals surface area contributed by atoms with Gasteiger partial charge in [-0.3, -0.25) is 14.9 Å². The van der Waals surface area contributed by atoms with Crippen LogP contribution in [0.15, 0.2) is 18.2 Å². The van der Waals surface area contributed by atoms with Crippen LogP contribution in [0.4, 0.5) is 11.4 Å². The Balaban J connectivity index is 2.83. The maximum Gasteiger partial charge on any atom is 0.310 e. The molecule has 0 bridgehead atoms. The number of nitro groups is 1. The standard InChI is InChI=1S/C13H18N2O4/c1-9-7-11(5-6-12(9)15(17)18)14(3)8-10(2)13(16)19-4/h5-7,10H,8H2,1-4H3. The number of hydrogen-bond donors (Lipinski definition) is 0. The first-order chi connectivity index (χ1) is 8.86. The molecule has 19 heavy (non-hydrogen) atoms. The van der Waals surface area contributed by atoms with Gasteiger partial charge in [0.15, 0.2) is 0 Å². The first-order valence-electron chi connectivity index (χ1n) is 5.90. The van der Waals surface area contributed by atoms with Crippen molar-refractivity contribution < 1.29 is 14.5 Å². The van der Waals surface area contributed by atoms with E-state index in [-0.39, 0.29) is 17.6 Å². The molecule has 0 N–H and O–H groups in total. The van der Waals surface area contributed by atoms with Crippen molar-refractivity contribution in [3.05, 3.63) is 33.9 Å². The molecule has 0 amide bonds. The van der Waals surface area contributed by atoms with E-state index in [2.05, 4.69) is 4.74 Å². The monoisotopic (exact) mass is 266 g/mol. The minimum Gasteiger partial charge on any atom is -0.469 e. The summed E-state index contributed by atoms with van der Waals surface area (Å²) in [6, 6.07) is 4.89. The zero-order chi connectivity index (χ0) is 14.6. The average Bonchev–Trinajstić information content (AvgIpc) is 2.36. The lowest BCUT2D eigenvalue weighted by Gasteiger charge is -2.22. The minimum atomic E-state index is -0.407. The van der Waals surface area contributed by atoms with Gasteiger partial charge in [-0.1, -0.05) is 6.92 Å². The molecule has 0 heterocycles. The van der Waals surface area contributed by atoms with E-state index < -0.39 is 4.92 Å². The number of ether oxygens (including phenoxy) is 1. The third-order valence-corrected chi connectivity index (χ3v) is 2.97. The highest BCUT2D eigenvalue weighted by Gasteiger charge is 2.17. The van der Waals surface area contributed by atoms with Crippen LogP contribution in [0.2, 0.25) is 0 Å². The topological polar surface area (TPSA) is 72.7 Å². The third kappa shape index (κ3) is 3.67. The largest absolute Gasteiger partial charge is 0.469 e. The highest BCUT2D eigenvalue weighted by molar-refractivity contribution is 5.72. The van der Waals surface area contributed by atoms with E-state index in [1.165, 1.54) is 13.2 Å². The van der Waals surface area contributed by atoms with Crippen molar-refractivity contribution in [3.63, 3.8) is 0 Å².